The van der Waals surface area contributed by atoms with Crippen LogP contribution >= 0.6 is 11.3 Å². The second-order valence-electron chi connectivity index (χ2n) is 6.25. The number of primary sulfonamides is 1. The molecule has 0 fully saturated rings. The van der Waals surface area contributed by atoms with E-state index in [0.717, 1.165) is 16.9 Å². The van der Waals surface area contributed by atoms with Gasteiger partial charge in [0.15, 0.2) is 9.34 Å². The van der Waals surface area contributed by atoms with Crippen LogP contribution in [0.2, 0.25) is 0 Å². The third-order valence-corrected chi connectivity index (χ3v) is 6.69. The standard InChI is InChI=1S/C19H21N5O4S2/c1-3-28-16-8-6-15(7-9-16)23-18(25)24(12-14-5-4-10-21-11-14)19-22-13(2)17(29-19)30(20,26)27/h4-11H,3,12H2,1-2H3,(H,23,25)(H2,20,26,27). The highest BCUT2D eigenvalue weighted by Gasteiger charge is 2.25. The van der Waals surface area contributed by atoms with Crippen molar-refractivity contribution >= 4 is 38.2 Å². The van der Waals surface area contributed by atoms with Crippen molar-refractivity contribution in [1.29, 1.82) is 0 Å². The number of thiazole rings is 1. The summed E-state index contributed by atoms with van der Waals surface area (Å²) < 4.78 is 28.9. The van der Waals surface area contributed by atoms with E-state index in [4.69, 9.17) is 9.88 Å². The number of rotatable bonds is 7. The molecule has 30 heavy (non-hydrogen) atoms. The van der Waals surface area contributed by atoms with E-state index in [-0.39, 0.29) is 21.6 Å². The zero-order valence-electron chi connectivity index (χ0n) is 16.4. The Hall–Kier alpha value is -3.02. The molecule has 0 saturated heterocycles. The lowest BCUT2D eigenvalue weighted by Crippen LogP contribution is -2.34. The van der Waals surface area contributed by atoms with Crippen LogP contribution in [-0.4, -0.2) is 31.0 Å². The number of hydrogen-bond acceptors (Lipinski definition) is 7. The molecule has 0 aliphatic rings. The number of ether oxygens (including phenoxy) is 1. The molecule has 2 amide bonds. The first-order valence-electron chi connectivity index (χ1n) is 8.98. The van der Waals surface area contributed by atoms with Gasteiger partial charge in [-0.15, -0.1) is 0 Å². The highest BCUT2D eigenvalue weighted by atomic mass is 32.2. The Balaban J connectivity index is 1.90. The number of pyridine rings is 1. The molecule has 158 valence electrons. The fraction of sp³-hybridized carbons (Fsp3) is 0.211. The molecule has 0 atom stereocenters. The number of aryl methyl sites for hydroxylation is 1. The van der Waals surface area contributed by atoms with Crippen LogP contribution in [0.4, 0.5) is 15.6 Å². The number of sulfonamides is 1. The van der Waals surface area contributed by atoms with Crippen LogP contribution in [0.15, 0.2) is 53.0 Å². The van der Waals surface area contributed by atoms with Crippen LogP contribution < -0.4 is 20.1 Å². The second-order valence-corrected chi connectivity index (χ2v) is 8.98. The number of carbonyl (C=O) groups excluding carboxylic acids is 1. The smallest absolute Gasteiger partial charge is 0.328 e. The summed E-state index contributed by atoms with van der Waals surface area (Å²) in [5.41, 5.74) is 1.55. The minimum absolute atomic E-state index is 0.0810. The summed E-state index contributed by atoms with van der Waals surface area (Å²) >= 11 is 0.842. The molecule has 2 heterocycles. The van der Waals surface area contributed by atoms with Gasteiger partial charge in [0.25, 0.3) is 0 Å². The van der Waals surface area contributed by atoms with E-state index in [9.17, 15) is 13.2 Å². The highest BCUT2D eigenvalue weighted by molar-refractivity contribution is 7.91. The van der Waals surface area contributed by atoms with Crippen LogP contribution in [0.1, 0.15) is 18.2 Å². The molecule has 0 aliphatic heterocycles. The first-order valence-corrected chi connectivity index (χ1v) is 11.3. The maximum absolute atomic E-state index is 13.0. The molecule has 1 aromatic carbocycles. The first-order chi connectivity index (χ1) is 14.3. The number of urea groups is 1. The van der Waals surface area contributed by atoms with Gasteiger partial charge in [-0.2, -0.15) is 0 Å². The highest BCUT2D eigenvalue weighted by Crippen LogP contribution is 2.30. The van der Waals surface area contributed by atoms with Crippen molar-refractivity contribution in [3.8, 4) is 5.75 Å². The van der Waals surface area contributed by atoms with Crippen molar-refractivity contribution in [2.75, 3.05) is 16.8 Å². The topological polar surface area (TPSA) is 128 Å². The van der Waals surface area contributed by atoms with Crippen molar-refractivity contribution in [3.63, 3.8) is 0 Å². The zero-order chi connectivity index (χ0) is 21.7. The van der Waals surface area contributed by atoms with E-state index in [1.807, 2.05) is 13.0 Å². The molecule has 0 saturated carbocycles. The molecule has 3 rings (SSSR count). The van der Waals surface area contributed by atoms with Crippen LogP contribution in [0.25, 0.3) is 0 Å². The van der Waals surface area contributed by atoms with Crippen molar-refractivity contribution in [2.24, 2.45) is 5.14 Å². The Labute approximate surface area is 178 Å². The number of nitrogens with zero attached hydrogens (tertiary/aromatic N) is 3. The summed E-state index contributed by atoms with van der Waals surface area (Å²) in [6.45, 7) is 4.11. The van der Waals surface area contributed by atoms with Gasteiger partial charge in [0, 0.05) is 18.1 Å². The van der Waals surface area contributed by atoms with E-state index in [1.165, 1.54) is 11.8 Å². The van der Waals surface area contributed by atoms with Gasteiger partial charge in [-0.25, -0.2) is 23.3 Å². The number of amides is 2. The van der Waals surface area contributed by atoms with E-state index < -0.39 is 16.1 Å². The van der Waals surface area contributed by atoms with Gasteiger partial charge < -0.3 is 10.1 Å². The monoisotopic (exact) mass is 447 g/mol. The molecule has 3 N–H and O–H groups in total. The maximum Gasteiger partial charge on any atom is 0.328 e. The van der Waals surface area contributed by atoms with Gasteiger partial charge in [0.2, 0.25) is 10.0 Å². The fourth-order valence-electron chi connectivity index (χ4n) is 2.64. The lowest BCUT2D eigenvalue weighted by Gasteiger charge is -2.20. The summed E-state index contributed by atoms with van der Waals surface area (Å²) in [6.07, 6.45) is 3.25. The van der Waals surface area contributed by atoms with Crippen molar-refractivity contribution in [1.82, 2.24) is 9.97 Å². The number of aromatic nitrogens is 2. The Morgan fingerprint density at radius 3 is 2.57 bits per heavy atom. The molecule has 11 heteroatoms. The molecule has 0 unspecified atom stereocenters. The number of benzene rings is 1. The molecule has 2 aromatic heterocycles. The van der Waals surface area contributed by atoms with E-state index >= 15 is 0 Å². The molecule has 0 aliphatic carbocycles. The van der Waals surface area contributed by atoms with E-state index in [0.29, 0.717) is 18.0 Å². The average molecular weight is 448 g/mol. The quantitative estimate of drug-likeness (QED) is 0.573. The second kappa shape index (κ2) is 9.20. The summed E-state index contributed by atoms with van der Waals surface area (Å²) in [5, 5.41) is 8.27. The molecule has 3 aromatic rings. The SMILES string of the molecule is CCOc1ccc(NC(=O)N(Cc2cccnc2)c2nc(C)c(S(N)(=O)=O)s2)cc1. The molecular formula is C19H21N5O4S2. The summed E-state index contributed by atoms with van der Waals surface area (Å²) in [5.74, 6) is 0.691. The zero-order valence-corrected chi connectivity index (χ0v) is 18.0. The van der Waals surface area contributed by atoms with E-state index in [2.05, 4.69) is 15.3 Å². The van der Waals surface area contributed by atoms with Gasteiger partial charge in [-0.3, -0.25) is 9.88 Å². The number of nitrogens with one attached hydrogen (secondary N) is 1. The van der Waals surface area contributed by atoms with Gasteiger partial charge in [-0.05, 0) is 49.7 Å². The number of hydrogen-bond donors (Lipinski definition) is 2. The van der Waals surface area contributed by atoms with Gasteiger partial charge in [0.1, 0.15) is 5.75 Å². The average Bonchev–Trinajstić information content (AvgIpc) is 3.10. The molecule has 0 spiro atoms. The van der Waals surface area contributed by atoms with Crippen LogP contribution in [0.3, 0.4) is 0 Å². The molecule has 0 radical (unpaired) electrons. The van der Waals surface area contributed by atoms with Crippen molar-refractivity contribution in [2.45, 2.75) is 24.6 Å². The predicted molar refractivity (Wildman–Crippen MR) is 115 cm³/mol. The molecule has 9 nitrogen and oxygen atoms in total. The van der Waals surface area contributed by atoms with Crippen LogP contribution in [0, 0.1) is 6.92 Å². The third kappa shape index (κ3) is 5.32. The summed E-state index contributed by atoms with van der Waals surface area (Å²) in [7, 11) is -3.94. The van der Waals surface area contributed by atoms with Gasteiger partial charge >= 0.3 is 6.03 Å². The Kier molecular flexibility index (Phi) is 6.65. The minimum Gasteiger partial charge on any atom is -0.494 e. The first kappa shape index (κ1) is 21.7. The Morgan fingerprint density at radius 2 is 2.00 bits per heavy atom. The molecule has 0 bridgehead atoms. The van der Waals surface area contributed by atoms with Crippen molar-refractivity contribution < 1.29 is 17.9 Å². The van der Waals surface area contributed by atoms with E-state index in [1.54, 1.807) is 42.7 Å². The van der Waals surface area contributed by atoms with Gasteiger partial charge in [-0.1, -0.05) is 17.4 Å². The van der Waals surface area contributed by atoms with Crippen LogP contribution in [0.5, 0.6) is 5.75 Å². The van der Waals surface area contributed by atoms with Crippen molar-refractivity contribution in [3.05, 3.63) is 60.0 Å². The third-order valence-electron chi connectivity index (χ3n) is 3.96. The fourth-order valence-corrected chi connectivity index (χ4v) is 4.59. The lowest BCUT2D eigenvalue weighted by molar-refractivity contribution is 0.256. The lowest BCUT2D eigenvalue weighted by atomic mass is 10.2. The Morgan fingerprint density at radius 1 is 1.27 bits per heavy atom. The summed E-state index contributed by atoms with van der Waals surface area (Å²) in [4.78, 5) is 22.7. The normalized spacial score (nSPS) is 11.2. The molecular weight excluding hydrogens is 426 g/mol. The minimum atomic E-state index is -3.94. The number of carbonyl (C=O) groups is 1. The van der Waals surface area contributed by atoms with Gasteiger partial charge in [0.05, 0.1) is 18.8 Å². The number of anilines is 2. The van der Waals surface area contributed by atoms with Crippen LogP contribution in [-0.2, 0) is 16.6 Å². The number of nitrogens with two attached hydrogens (primary N) is 1. The predicted octanol–water partition coefficient (Wildman–Crippen LogP) is 3.13. The summed E-state index contributed by atoms with van der Waals surface area (Å²) in [6, 6.07) is 10.0. The largest absolute Gasteiger partial charge is 0.494 e. The Bertz CT molecular complexity index is 1120. The maximum atomic E-state index is 13.0.